The Balaban J connectivity index is 2.21. The summed E-state index contributed by atoms with van der Waals surface area (Å²) in [6.07, 6.45) is 2.70. The summed E-state index contributed by atoms with van der Waals surface area (Å²) in [5.41, 5.74) is 0.518. The zero-order valence-electron chi connectivity index (χ0n) is 12.8. The quantitative estimate of drug-likeness (QED) is 0.876. The van der Waals surface area contributed by atoms with Crippen LogP contribution in [-0.2, 0) is 14.8 Å². The molecular formula is C15H24N2O3S. The zero-order chi connectivity index (χ0) is 15.5. The summed E-state index contributed by atoms with van der Waals surface area (Å²) in [4.78, 5) is 0.289. The largest absolute Gasteiger partial charge is 0.381 e. The Bertz CT molecular complexity index is 588. The van der Waals surface area contributed by atoms with Gasteiger partial charge in [-0.05, 0) is 45.4 Å². The molecule has 0 aliphatic carbocycles. The third-order valence-corrected chi connectivity index (χ3v) is 5.62. The van der Waals surface area contributed by atoms with E-state index in [1.165, 1.54) is 7.05 Å². The second-order valence-electron chi connectivity index (χ2n) is 5.69. The van der Waals surface area contributed by atoms with E-state index in [2.05, 4.69) is 23.9 Å². The molecule has 5 nitrogen and oxygen atoms in total. The molecule has 0 spiro atoms. The number of para-hydroxylation sites is 1. The van der Waals surface area contributed by atoms with Crippen molar-refractivity contribution in [2.45, 2.75) is 49.6 Å². The van der Waals surface area contributed by atoms with Crippen LogP contribution in [0.3, 0.4) is 0 Å². The van der Waals surface area contributed by atoms with Crippen molar-refractivity contribution < 1.29 is 13.2 Å². The minimum atomic E-state index is -3.46. The topological polar surface area (TPSA) is 67.4 Å². The molecule has 0 saturated carbocycles. The van der Waals surface area contributed by atoms with Gasteiger partial charge in [-0.3, -0.25) is 0 Å². The van der Waals surface area contributed by atoms with Crippen molar-refractivity contribution in [2.75, 3.05) is 19.0 Å². The molecule has 0 aromatic heterocycles. The smallest absolute Gasteiger partial charge is 0.242 e. The number of rotatable bonds is 5. The Kier molecular flexibility index (Phi) is 4.91. The predicted octanol–water partition coefficient (Wildman–Crippen LogP) is 2.35. The molecule has 0 radical (unpaired) electrons. The minimum Gasteiger partial charge on any atom is -0.381 e. The second-order valence-corrected chi connectivity index (χ2v) is 7.54. The molecule has 2 rings (SSSR count). The first-order valence-electron chi connectivity index (χ1n) is 7.33. The van der Waals surface area contributed by atoms with Gasteiger partial charge in [0.15, 0.2) is 0 Å². The van der Waals surface area contributed by atoms with E-state index < -0.39 is 10.0 Å². The van der Waals surface area contributed by atoms with Gasteiger partial charge in [-0.15, -0.1) is 0 Å². The number of hydrogen-bond acceptors (Lipinski definition) is 4. The van der Waals surface area contributed by atoms with E-state index in [0.717, 1.165) is 19.3 Å². The lowest BCUT2D eigenvalue weighted by Crippen LogP contribution is -2.42. The number of hydrogen-bond donors (Lipinski definition) is 2. The average Bonchev–Trinajstić information content (AvgIpc) is 2.48. The van der Waals surface area contributed by atoms with Crippen LogP contribution in [0.4, 0.5) is 5.69 Å². The lowest BCUT2D eigenvalue weighted by atomic mass is 9.90. The molecule has 1 aliphatic heterocycles. The first kappa shape index (κ1) is 16.3. The van der Waals surface area contributed by atoms with E-state index in [-0.39, 0.29) is 16.5 Å². The molecule has 21 heavy (non-hydrogen) atoms. The molecule has 2 N–H and O–H groups in total. The Hall–Kier alpha value is -1.11. The van der Waals surface area contributed by atoms with Gasteiger partial charge in [0.05, 0.1) is 11.3 Å². The predicted molar refractivity (Wildman–Crippen MR) is 84.0 cm³/mol. The summed E-state index contributed by atoms with van der Waals surface area (Å²) in [5, 5.41) is 3.38. The molecule has 1 aromatic carbocycles. The lowest BCUT2D eigenvalue weighted by molar-refractivity contribution is -0.0709. The lowest BCUT2D eigenvalue weighted by Gasteiger charge is -2.38. The number of benzene rings is 1. The fourth-order valence-corrected chi connectivity index (χ4v) is 3.54. The monoisotopic (exact) mass is 312 g/mol. The molecule has 1 heterocycles. The molecule has 2 unspecified atom stereocenters. The van der Waals surface area contributed by atoms with Crippen LogP contribution < -0.4 is 10.0 Å². The van der Waals surface area contributed by atoms with Gasteiger partial charge in [0.25, 0.3) is 0 Å². The van der Waals surface area contributed by atoms with E-state index in [0.29, 0.717) is 12.3 Å². The van der Waals surface area contributed by atoms with Gasteiger partial charge in [-0.2, -0.15) is 0 Å². The van der Waals surface area contributed by atoms with Crippen LogP contribution in [0.2, 0.25) is 0 Å². The molecule has 2 atom stereocenters. The fourth-order valence-electron chi connectivity index (χ4n) is 2.65. The Morgan fingerprint density at radius 1 is 1.38 bits per heavy atom. The number of anilines is 1. The molecule has 0 amide bonds. The maximum atomic E-state index is 12.1. The highest BCUT2D eigenvalue weighted by Gasteiger charge is 2.32. The molecule has 0 bridgehead atoms. The Morgan fingerprint density at radius 2 is 2.10 bits per heavy atom. The highest BCUT2D eigenvalue weighted by molar-refractivity contribution is 7.89. The van der Waals surface area contributed by atoms with Crippen LogP contribution in [0.25, 0.3) is 0 Å². The van der Waals surface area contributed by atoms with E-state index in [1.807, 2.05) is 12.1 Å². The van der Waals surface area contributed by atoms with Gasteiger partial charge < -0.3 is 10.1 Å². The highest BCUT2D eigenvalue weighted by Crippen LogP contribution is 2.31. The van der Waals surface area contributed by atoms with Crippen molar-refractivity contribution in [3.63, 3.8) is 0 Å². The van der Waals surface area contributed by atoms with E-state index in [1.54, 1.807) is 12.1 Å². The van der Waals surface area contributed by atoms with E-state index in [4.69, 9.17) is 4.74 Å². The number of sulfonamides is 1. The maximum absolute atomic E-state index is 12.1. The highest BCUT2D eigenvalue weighted by atomic mass is 32.2. The Labute approximate surface area is 127 Å². The zero-order valence-corrected chi connectivity index (χ0v) is 13.7. The van der Waals surface area contributed by atoms with Gasteiger partial charge in [-0.1, -0.05) is 19.1 Å². The fraction of sp³-hybridized carbons (Fsp3) is 0.600. The average molecular weight is 312 g/mol. The van der Waals surface area contributed by atoms with Crippen LogP contribution in [0, 0.1) is 0 Å². The second kappa shape index (κ2) is 6.34. The minimum absolute atomic E-state index is 0.132. The van der Waals surface area contributed by atoms with E-state index >= 15 is 0 Å². The van der Waals surface area contributed by atoms with Gasteiger partial charge in [0.2, 0.25) is 10.0 Å². The molecule has 118 valence electrons. The van der Waals surface area contributed by atoms with Gasteiger partial charge >= 0.3 is 0 Å². The van der Waals surface area contributed by atoms with Crippen molar-refractivity contribution in [3.8, 4) is 0 Å². The first-order valence-corrected chi connectivity index (χ1v) is 8.81. The first-order chi connectivity index (χ1) is 9.90. The van der Waals surface area contributed by atoms with Crippen molar-refractivity contribution in [1.82, 2.24) is 4.72 Å². The molecule has 1 aliphatic rings. The van der Waals surface area contributed by atoms with Crippen molar-refractivity contribution >= 4 is 15.7 Å². The van der Waals surface area contributed by atoms with Crippen molar-refractivity contribution in [1.29, 1.82) is 0 Å². The van der Waals surface area contributed by atoms with Crippen molar-refractivity contribution in [3.05, 3.63) is 24.3 Å². The normalized spacial score (nSPS) is 26.5. The summed E-state index contributed by atoms with van der Waals surface area (Å²) >= 11 is 0. The summed E-state index contributed by atoms with van der Waals surface area (Å²) in [5.74, 6) is 0. The summed E-state index contributed by atoms with van der Waals surface area (Å²) in [7, 11) is -2.03. The Morgan fingerprint density at radius 3 is 2.76 bits per heavy atom. The van der Waals surface area contributed by atoms with Crippen LogP contribution in [0.1, 0.15) is 33.1 Å². The summed E-state index contributed by atoms with van der Waals surface area (Å²) in [6, 6.07) is 7.22. The SMILES string of the molecule is CCC1(C)CC(Nc2ccccc2S(=O)(=O)NC)CCO1. The standard InChI is InChI=1S/C15H24N2O3S/c1-4-15(2)11-12(9-10-20-15)17-13-7-5-6-8-14(13)21(18,19)16-3/h5-8,12,16-17H,4,9-11H2,1-3H3. The van der Waals surface area contributed by atoms with Crippen LogP contribution in [0.5, 0.6) is 0 Å². The molecule has 1 aromatic rings. The number of nitrogens with one attached hydrogen (secondary N) is 2. The van der Waals surface area contributed by atoms with Crippen LogP contribution in [0.15, 0.2) is 29.2 Å². The third-order valence-electron chi connectivity index (χ3n) is 4.15. The third kappa shape index (κ3) is 3.75. The van der Waals surface area contributed by atoms with E-state index in [9.17, 15) is 8.42 Å². The summed E-state index contributed by atoms with van der Waals surface area (Å²) in [6.45, 7) is 4.92. The van der Waals surface area contributed by atoms with Crippen molar-refractivity contribution in [2.24, 2.45) is 0 Å². The molecule has 1 fully saturated rings. The van der Waals surface area contributed by atoms with Gasteiger partial charge in [0.1, 0.15) is 4.90 Å². The molecular weight excluding hydrogens is 288 g/mol. The summed E-state index contributed by atoms with van der Waals surface area (Å²) < 4.78 is 32.3. The number of ether oxygens (including phenoxy) is 1. The van der Waals surface area contributed by atoms with Crippen LogP contribution >= 0.6 is 0 Å². The van der Waals surface area contributed by atoms with Gasteiger partial charge in [-0.25, -0.2) is 13.1 Å². The maximum Gasteiger partial charge on any atom is 0.242 e. The van der Waals surface area contributed by atoms with Crippen LogP contribution in [-0.4, -0.2) is 33.7 Å². The van der Waals surface area contributed by atoms with Gasteiger partial charge in [0, 0.05) is 12.6 Å². The molecule has 6 heteroatoms. The molecule has 1 saturated heterocycles.